The molecule has 1 aliphatic heterocycles. The number of hydrogen-bond donors (Lipinski definition) is 0. The smallest absolute Gasteiger partial charge is 0.419 e. The van der Waals surface area contributed by atoms with E-state index in [4.69, 9.17) is 9.47 Å². The van der Waals surface area contributed by atoms with E-state index in [0.29, 0.717) is 6.54 Å². The van der Waals surface area contributed by atoms with Crippen molar-refractivity contribution in [2.45, 2.75) is 25.1 Å². The van der Waals surface area contributed by atoms with E-state index in [1.54, 1.807) is 6.07 Å². The van der Waals surface area contributed by atoms with Crippen molar-refractivity contribution in [2.24, 2.45) is 0 Å². The normalized spacial score (nSPS) is 16.4. The fraction of sp³-hybridized carbons (Fsp3) is 0.400. The molecule has 2 aromatic carbocycles. The molecule has 1 aliphatic rings. The van der Waals surface area contributed by atoms with Gasteiger partial charge in [0.15, 0.2) is 0 Å². The predicted octanol–water partition coefficient (Wildman–Crippen LogP) is 4.63. The Balaban J connectivity index is 1.42. The lowest BCUT2D eigenvalue weighted by molar-refractivity contribution is -0.139. The highest BCUT2D eigenvalue weighted by Crippen LogP contribution is 2.35. The first kappa shape index (κ1) is 18.6. The molecule has 26 heavy (non-hydrogen) atoms. The van der Waals surface area contributed by atoms with Crippen molar-refractivity contribution in [2.75, 3.05) is 26.2 Å². The van der Waals surface area contributed by atoms with Crippen molar-refractivity contribution >= 4 is 0 Å². The van der Waals surface area contributed by atoms with Gasteiger partial charge >= 0.3 is 6.18 Å². The number of benzene rings is 2. The highest BCUT2D eigenvalue weighted by atomic mass is 19.4. The van der Waals surface area contributed by atoms with Gasteiger partial charge < -0.3 is 9.47 Å². The van der Waals surface area contributed by atoms with Crippen molar-refractivity contribution in [1.82, 2.24) is 4.90 Å². The quantitative estimate of drug-likeness (QED) is 0.745. The minimum Gasteiger partial charge on any atom is -0.492 e. The van der Waals surface area contributed by atoms with E-state index in [0.717, 1.165) is 37.7 Å². The van der Waals surface area contributed by atoms with Gasteiger partial charge in [0.1, 0.15) is 24.2 Å². The van der Waals surface area contributed by atoms with Crippen LogP contribution >= 0.6 is 0 Å². The first-order valence-electron chi connectivity index (χ1n) is 8.75. The summed E-state index contributed by atoms with van der Waals surface area (Å²) in [4.78, 5) is 2.20. The number of hydrogen-bond acceptors (Lipinski definition) is 3. The Morgan fingerprint density at radius 3 is 2.27 bits per heavy atom. The Bertz CT molecular complexity index is 683. The highest BCUT2D eigenvalue weighted by molar-refractivity contribution is 5.35. The molecule has 6 heteroatoms. The lowest BCUT2D eigenvalue weighted by atomic mass is 10.1. The van der Waals surface area contributed by atoms with Crippen molar-refractivity contribution < 1.29 is 22.6 Å². The van der Waals surface area contributed by atoms with E-state index in [1.165, 1.54) is 12.1 Å². The van der Waals surface area contributed by atoms with Crippen LogP contribution in [0.25, 0.3) is 0 Å². The average Bonchev–Trinajstić information content (AvgIpc) is 2.64. The molecule has 1 heterocycles. The second-order valence-electron chi connectivity index (χ2n) is 6.31. The zero-order valence-corrected chi connectivity index (χ0v) is 14.4. The number of ether oxygens (including phenoxy) is 2. The molecule has 0 aliphatic carbocycles. The summed E-state index contributed by atoms with van der Waals surface area (Å²) in [5.74, 6) is 0.764. The van der Waals surface area contributed by atoms with Crippen LogP contribution in [0.3, 0.4) is 0 Å². The molecule has 2 aromatic rings. The second-order valence-corrected chi connectivity index (χ2v) is 6.31. The molecular formula is C20H22F3NO2. The van der Waals surface area contributed by atoms with Crippen LogP contribution in [0.15, 0.2) is 54.6 Å². The van der Waals surface area contributed by atoms with E-state index < -0.39 is 11.7 Å². The number of piperidine rings is 1. The summed E-state index contributed by atoms with van der Waals surface area (Å²) in [7, 11) is 0. The van der Waals surface area contributed by atoms with Gasteiger partial charge in [0.25, 0.3) is 0 Å². The Morgan fingerprint density at radius 2 is 1.58 bits per heavy atom. The molecular weight excluding hydrogens is 343 g/mol. The van der Waals surface area contributed by atoms with Crippen LogP contribution in [0.1, 0.15) is 18.4 Å². The SMILES string of the molecule is FC(F)(F)c1ccccc1OCCN1CCC(Oc2ccccc2)CC1. The summed E-state index contributed by atoms with van der Waals surface area (Å²) in [5.41, 5.74) is -0.727. The van der Waals surface area contributed by atoms with Crippen LogP contribution in [-0.2, 0) is 6.18 Å². The summed E-state index contributed by atoms with van der Waals surface area (Å²) < 4.78 is 50.2. The summed E-state index contributed by atoms with van der Waals surface area (Å²) in [6, 6.07) is 15.1. The number of rotatable bonds is 6. The third-order valence-electron chi connectivity index (χ3n) is 4.44. The molecule has 0 aromatic heterocycles. The van der Waals surface area contributed by atoms with Crippen LogP contribution in [0.2, 0.25) is 0 Å². The minimum atomic E-state index is -4.40. The number of alkyl halides is 3. The third kappa shape index (κ3) is 5.14. The molecule has 0 radical (unpaired) electrons. The highest BCUT2D eigenvalue weighted by Gasteiger charge is 2.34. The number of nitrogens with zero attached hydrogens (tertiary/aromatic N) is 1. The molecule has 0 amide bonds. The van der Waals surface area contributed by atoms with E-state index >= 15 is 0 Å². The standard InChI is InChI=1S/C20H22F3NO2/c21-20(22,23)18-8-4-5-9-19(18)25-15-14-24-12-10-17(11-13-24)26-16-6-2-1-3-7-16/h1-9,17H,10-15H2. The van der Waals surface area contributed by atoms with Crippen molar-refractivity contribution in [1.29, 1.82) is 0 Å². The summed E-state index contributed by atoms with van der Waals surface area (Å²) >= 11 is 0. The van der Waals surface area contributed by atoms with Crippen molar-refractivity contribution in [3.05, 3.63) is 60.2 Å². The topological polar surface area (TPSA) is 21.7 Å². The maximum atomic E-state index is 12.9. The third-order valence-corrected chi connectivity index (χ3v) is 4.44. The number of para-hydroxylation sites is 2. The van der Waals surface area contributed by atoms with Gasteiger partial charge in [-0.15, -0.1) is 0 Å². The van der Waals surface area contributed by atoms with Gasteiger partial charge in [-0.05, 0) is 37.1 Å². The number of halogens is 3. The Labute approximate surface area is 151 Å². The lowest BCUT2D eigenvalue weighted by Gasteiger charge is -2.32. The van der Waals surface area contributed by atoms with Gasteiger partial charge in [0.05, 0.1) is 5.56 Å². The lowest BCUT2D eigenvalue weighted by Crippen LogP contribution is -2.40. The summed E-state index contributed by atoms with van der Waals surface area (Å²) in [6.07, 6.45) is -2.42. The minimum absolute atomic E-state index is 0.109. The van der Waals surface area contributed by atoms with Crippen LogP contribution in [0.4, 0.5) is 13.2 Å². The molecule has 0 N–H and O–H groups in total. The van der Waals surface area contributed by atoms with Crippen molar-refractivity contribution in [3.63, 3.8) is 0 Å². The van der Waals surface area contributed by atoms with E-state index in [1.807, 2.05) is 30.3 Å². The molecule has 0 unspecified atom stereocenters. The fourth-order valence-electron chi connectivity index (χ4n) is 3.05. The first-order valence-corrected chi connectivity index (χ1v) is 8.75. The van der Waals surface area contributed by atoms with Crippen LogP contribution < -0.4 is 9.47 Å². The van der Waals surface area contributed by atoms with Gasteiger partial charge in [-0.2, -0.15) is 13.2 Å². The first-order chi connectivity index (χ1) is 12.5. The van der Waals surface area contributed by atoms with Crippen LogP contribution in [0.5, 0.6) is 11.5 Å². The molecule has 0 atom stereocenters. The molecule has 3 rings (SSSR count). The summed E-state index contributed by atoms with van der Waals surface area (Å²) in [5, 5.41) is 0. The molecule has 0 saturated carbocycles. The molecule has 0 bridgehead atoms. The maximum Gasteiger partial charge on any atom is 0.419 e. The van der Waals surface area contributed by atoms with E-state index in [-0.39, 0.29) is 18.5 Å². The van der Waals surface area contributed by atoms with Gasteiger partial charge in [0, 0.05) is 19.6 Å². The van der Waals surface area contributed by atoms with Crippen LogP contribution in [0, 0.1) is 0 Å². The zero-order valence-electron chi connectivity index (χ0n) is 14.4. The fourth-order valence-corrected chi connectivity index (χ4v) is 3.05. The Morgan fingerprint density at radius 1 is 0.923 bits per heavy atom. The maximum absolute atomic E-state index is 12.9. The Hall–Kier alpha value is -2.21. The largest absolute Gasteiger partial charge is 0.492 e. The van der Waals surface area contributed by atoms with Crippen LogP contribution in [-0.4, -0.2) is 37.2 Å². The average molecular weight is 365 g/mol. The van der Waals surface area contributed by atoms with Crippen molar-refractivity contribution in [3.8, 4) is 11.5 Å². The van der Waals surface area contributed by atoms with E-state index in [2.05, 4.69) is 4.90 Å². The monoisotopic (exact) mass is 365 g/mol. The molecule has 140 valence electrons. The zero-order chi connectivity index (χ0) is 18.4. The summed E-state index contributed by atoms with van der Waals surface area (Å²) in [6.45, 7) is 2.53. The molecule has 3 nitrogen and oxygen atoms in total. The molecule has 0 spiro atoms. The second kappa shape index (κ2) is 8.45. The Kier molecular flexibility index (Phi) is 6.04. The predicted molar refractivity (Wildman–Crippen MR) is 93.5 cm³/mol. The van der Waals surface area contributed by atoms with Gasteiger partial charge in [0.2, 0.25) is 0 Å². The molecule has 1 saturated heterocycles. The van der Waals surface area contributed by atoms with E-state index in [9.17, 15) is 13.2 Å². The molecule has 1 fully saturated rings. The van der Waals surface area contributed by atoms with Gasteiger partial charge in [-0.1, -0.05) is 30.3 Å². The van der Waals surface area contributed by atoms with Gasteiger partial charge in [-0.25, -0.2) is 0 Å². The van der Waals surface area contributed by atoms with Gasteiger partial charge in [-0.3, -0.25) is 4.90 Å². The number of likely N-dealkylation sites (tertiary alicyclic amines) is 1.